The molecule has 1 amide bonds. The van der Waals surface area contributed by atoms with Crippen molar-refractivity contribution < 1.29 is 9.18 Å². The first-order valence-electron chi connectivity index (χ1n) is 7.15. The molecule has 0 unspecified atom stereocenters. The van der Waals surface area contributed by atoms with Crippen molar-refractivity contribution >= 4 is 22.4 Å². The van der Waals surface area contributed by atoms with Gasteiger partial charge in [0, 0.05) is 22.5 Å². The Morgan fingerprint density at radius 2 is 2.00 bits per heavy atom. The Bertz CT molecular complexity index is 882. The lowest BCUT2D eigenvalue weighted by Gasteiger charge is -2.10. The van der Waals surface area contributed by atoms with Crippen LogP contribution in [0.2, 0.25) is 0 Å². The van der Waals surface area contributed by atoms with E-state index in [1.54, 1.807) is 42.0 Å². The molecule has 2 heterocycles. The predicted octanol–water partition coefficient (Wildman–Crippen LogP) is 4.25. The van der Waals surface area contributed by atoms with Gasteiger partial charge in [0.25, 0.3) is 5.91 Å². The number of halogens is 1. The van der Waals surface area contributed by atoms with Crippen LogP contribution >= 0.6 is 11.3 Å². The maximum Gasteiger partial charge on any atom is 0.259 e. The maximum atomic E-state index is 14.1. The number of nitrogens with one attached hydrogen (secondary N) is 1. The van der Waals surface area contributed by atoms with Crippen molar-refractivity contribution in [3.8, 4) is 5.69 Å². The van der Waals surface area contributed by atoms with Crippen LogP contribution in [0.25, 0.3) is 5.69 Å². The molecule has 0 saturated carbocycles. The summed E-state index contributed by atoms with van der Waals surface area (Å²) in [6.45, 7) is 5.59. The highest BCUT2D eigenvalue weighted by molar-refractivity contribution is 7.15. The van der Waals surface area contributed by atoms with Crippen molar-refractivity contribution in [2.24, 2.45) is 0 Å². The Morgan fingerprint density at radius 1 is 1.26 bits per heavy atom. The van der Waals surface area contributed by atoms with Crippen LogP contribution in [-0.4, -0.2) is 15.5 Å². The molecular formula is C17H16FN3OS. The van der Waals surface area contributed by atoms with Crippen LogP contribution < -0.4 is 5.32 Å². The predicted molar refractivity (Wildman–Crippen MR) is 90.0 cm³/mol. The van der Waals surface area contributed by atoms with Gasteiger partial charge in [0.15, 0.2) is 5.13 Å². The van der Waals surface area contributed by atoms with Gasteiger partial charge in [-0.2, -0.15) is 0 Å². The molecule has 0 aliphatic carbocycles. The minimum Gasteiger partial charge on any atom is -0.315 e. The van der Waals surface area contributed by atoms with Gasteiger partial charge in [0.1, 0.15) is 5.82 Å². The monoisotopic (exact) mass is 329 g/mol. The summed E-state index contributed by atoms with van der Waals surface area (Å²) in [6.07, 6.45) is 1.71. The SMILES string of the molecule is Cc1cnc(NC(=O)c2cc(C)n(-c3ccccc3F)c2C)s1. The fraction of sp³-hybridized carbons (Fsp3) is 0.176. The number of amides is 1. The van der Waals surface area contributed by atoms with Gasteiger partial charge < -0.3 is 4.57 Å². The van der Waals surface area contributed by atoms with Crippen LogP contribution in [-0.2, 0) is 0 Å². The normalized spacial score (nSPS) is 10.8. The van der Waals surface area contributed by atoms with Gasteiger partial charge in [-0.3, -0.25) is 10.1 Å². The third-order valence-electron chi connectivity index (χ3n) is 3.61. The Balaban J connectivity index is 1.98. The van der Waals surface area contributed by atoms with Crippen LogP contribution in [0.5, 0.6) is 0 Å². The lowest BCUT2D eigenvalue weighted by molar-refractivity contribution is 0.102. The third-order valence-corrected chi connectivity index (χ3v) is 4.44. The van der Waals surface area contributed by atoms with Crippen molar-refractivity contribution in [2.75, 3.05) is 5.32 Å². The highest BCUT2D eigenvalue weighted by atomic mass is 32.1. The van der Waals surface area contributed by atoms with Crippen molar-refractivity contribution in [3.63, 3.8) is 0 Å². The molecule has 0 spiro atoms. The third kappa shape index (κ3) is 2.90. The van der Waals surface area contributed by atoms with Gasteiger partial charge in [0.2, 0.25) is 0 Å². The number of aromatic nitrogens is 2. The number of aryl methyl sites for hydroxylation is 2. The topological polar surface area (TPSA) is 46.9 Å². The van der Waals surface area contributed by atoms with E-state index < -0.39 is 0 Å². The number of hydrogen-bond acceptors (Lipinski definition) is 3. The molecule has 23 heavy (non-hydrogen) atoms. The van der Waals surface area contributed by atoms with Crippen LogP contribution in [0.3, 0.4) is 0 Å². The molecule has 3 rings (SSSR count). The van der Waals surface area contributed by atoms with Crippen LogP contribution in [0.15, 0.2) is 36.5 Å². The average Bonchev–Trinajstić information content (AvgIpc) is 3.04. The number of rotatable bonds is 3. The zero-order valence-corrected chi connectivity index (χ0v) is 13.9. The minimum atomic E-state index is -0.322. The summed E-state index contributed by atoms with van der Waals surface area (Å²) in [4.78, 5) is 17.6. The molecule has 118 valence electrons. The van der Waals surface area contributed by atoms with Crippen molar-refractivity contribution in [3.05, 3.63) is 64.2 Å². The average molecular weight is 329 g/mol. The summed E-state index contributed by atoms with van der Waals surface area (Å²) in [5.41, 5.74) is 2.44. The Hall–Kier alpha value is -2.47. The van der Waals surface area contributed by atoms with Crippen molar-refractivity contribution in [2.45, 2.75) is 20.8 Å². The number of nitrogens with zero attached hydrogens (tertiary/aromatic N) is 2. The van der Waals surface area contributed by atoms with Gasteiger partial charge in [0.05, 0.1) is 11.3 Å². The number of carbonyl (C=O) groups excluding carboxylic acids is 1. The van der Waals surface area contributed by atoms with Crippen molar-refractivity contribution in [1.82, 2.24) is 9.55 Å². The molecular weight excluding hydrogens is 313 g/mol. The van der Waals surface area contributed by atoms with E-state index in [2.05, 4.69) is 10.3 Å². The van der Waals surface area contributed by atoms with Crippen LogP contribution in [0.4, 0.5) is 9.52 Å². The van der Waals surface area contributed by atoms with Crippen molar-refractivity contribution in [1.29, 1.82) is 0 Å². The van der Waals surface area contributed by atoms with Gasteiger partial charge in [-0.15, -0.1) is 11.3 Å². The number of thiazole rings is 1. The first-order valence-corrected chi connectivity index (χ1v) is 7.96. The zero-order chi connectivity index (χ0) is 16.6. The maximum absolute atomic E-state index is 14.1. The molecule has 0 aliphatic heterocycles. The number of para-hydroxylation sites is 1. The van der Waals surface area contributed by atoms with Gasteiger partial charge in [-0.1, -0.05) is 12.1 Å². The van der Waals surface area contributed by atoms with Crippen LogP contribution in [0.1, 0.15) is 26.6 Å². The van der Waals surface area contributed by atoms with E-state index in [-0.39, 0.29) is 11.7 Å². The molecule has 4 nitrogen and oxygen atoms in total. The van der Waals surface area contributed by atoms with E-state index >= 15 is 0 Å². The Kier molecular flexibility index (Phi) is 4.00. The molecule has 0 bridgehead atoms. The second-order valence-electron chi connectivity index (χ2n) is 5.30. The molecule has 3 aromatic rings. The number of anilines is 1. The minimum absolute atomic E-state index is 0.241. The molecule has 1 aromatic carbocycles. The van der Waals surface area contributed by atoms with Gasteiger partial charge in [-0.05, 0) is 39.0 Å². The summed E-state index contributed by atoms with van der Waals surface area (Å²) < 4.78 is 15.8. The second-order valence-corrected chi connectivity index (χ2v) is 6.54. The first kappa shape index (κ1) is 15.4. The van der Waals surface area contributed by atoms with E-state index in [4.69, 9.17) is 0 Å². The highest BCUT2D eigenvalue weighted by Crippen LogP contribution is 2.24. The molecule has 0 radical (unpaired) electrons. The molecule has 0 atom stereocenters. The van der Waals surface area contributed by atoms with E-state index in [0.717, 1.165) is 10.6 Å². The summed E-state index contributed by atoms with van der Waals surface area (Å²) in [5.74, 6) is -0.563. The molecule has 0 saturated heterocycles. The van der Waals surface area contributed by atoms with Crippen LogP contribution in [0, 0.1) is 26.6 Å². The fourth-order valence-corrected chi connectivity index (χ4v) is 3.23. The lowest BCUT2D eigenvalue weighted by atomic mass is 10.2. The molecule has 6 heteroatoms. The molecule has 2 aromatic heterocycles. The highest BCUT2D eigenvalue weighted by Gasteiger charge is 2.19. The second kappa shape index (κ2) is 5.96. The van der Waals surface area contributed by atoms with E-state index in [1.807, 2.05) is 13.8 Å². The number of benzene rings is 1. The van der Waals surface area contributed by atoms with Gasteiger partial charge >= 0.3 is 0 Å². The smallest absolute Gasteiger partial charge is 0.259 e. The first-order chi connectivity index (χ1) is 11.0. The zero-order valence-electron chi connectivity index (χ0n) is 13.1. The summed E-state index contributed by atoms with van der Waals surface area (Å²) in [7, 11) is 0. The van der Waals surface area contributed by atoms with Gasteiger partial charge in [-0.25, -0.2) is 9.37 Å². The Morgan fingerprint density at radius 3 is 2.65 bits per heavy atom. The summed E-state index contributed by atoms with van der Waals surface area (Å²) in [5, 5.41) is 3.35. The Labute approximate surface area is 137 Å². The van der Waals surface area contributed by atoms with E-state index in [0.29, 0.717) is 22.1 Å². The number of hydrogen-bond donors (Lipinski definition) is 1. The quantitative estimate of drug-likeness (QED) is 0.781. The largest absolute Gasteiger partial charge is 0.315 e. The number of carbonyl (C=O) groups is 1. The summed E-state index contributed by atoms with van der Waals surface area (Å²) >= 11 is 1.42. The lowest BCUT2D eigenvalue weighted by Crippen LogP contribution is -2.13. The summed E-state index contributed by atoms with van der Waals surface area (Å²) in [6, 6.07) is 8.28. The molecule has 0 fully saturated rings. The fourth-order valence-electron chi connectivity index (χ4n) is 2.57. The van der Waals surface area contributed by atoms with E-state index in [9.17, 15) is 9.18 Å². The molecule has 0 aliphatic rings. The molecule has 1 N–H and O–H groups in total. The van der Waals surface area contributed by atoms with E-state index in [1.165, 1.54) is 17.4 Å². The standard InChI is InChI=1S/C17H16FN3OS/c1-10-8-13(16(22)20-17-19-9-11(2)23-17)12(3)21(10)15-7-5-4-6-14(15)18/h4-9H,1-3H3,(H,19,20,22).